The summed E-state index contributed by atoms with van der Waals surface area (Å²) in [6.07, 6.45) is 13.3. The molecule has 4 nitrogen and oxygen atoms in total. The van der Waals surface area contributed by atoms with E-state index < -0.39 is 11.8 Å². The topological polar surface area (TPSA) is 44.8 Å². The molecule has 3 unspecified atom stereocenters. The minimum atomic E-state index is -0.552. The molecule has 1 aromatic carbocycles. The normalized spacial score (nSPS) is 14.2. The maximum absolute atomic E-state index is 17.0. The Balaban J connectivity index is 1.72. The number of unbranched alkanes of at least 4 members (excludes halogenated alkanes) is 3. The van der Waals surface area contributed by atoms with Crippen LogP contribution in [0.2, 0.25) is 0 Å². The van der Waals surface area contributed by atoms with Crippen molar-refractivity contribution >= 4 is 81.6 Å². The highest BCUT2D eigenvalue weighted by molar-refractivity contribution is 7.30. The molecule has 0 saturated carbocycles. The van der Waals surface area contributed by atoms with Gasteiger partial charge in [0.1, 0.15) is 16.4 Å². The highest BCUT2D eigenvalue weighted by atomic mass is 32.1. The molecule has 58 heavy (non-hydrogen) atoms. The van der Waals surface area contributed by atoms with Crippen LogP contribution < -0.4 is 9.47 Å². The summed E-state index contributed by atoms with van der Waals surface area (Å²) in [6, 6.07) is 4.57. The molecule has 0 aliphatic carbocycles. The number of fused-ring (bicyclic) bond motifs is 3. The second-order valence-corrected chi connectivity index (χ2v) is 22.7. The van der Waals surface area contributed by atoms with E-state index in [1.807, 2.05) is 11.3 Å². The Bertz CT molecular complexity index is 2030. The molecule has 0 spiro atoms. The van der Waals surface area contributed by atoms with Crippen molar-refractivity contribution in [3.05, 3.63) is 32.6 Å². The first-order valence-electron chi connectivity index (χ1n) is 22.3. The van der Waals surface area contributed by atoms with Gasteiger partial charge in [-0.15, -0.1) is 45.3 Å². The SMILES string of the molecule is CCCCC(CC)COC(=O)c1sc2c(C(C)(C)C)sc(-c3cc4c(OCC(CC)CCCC)c5sc(C(C)(C)C)cc5c(OCC(CC)CCCC)c4s3)c2c1F. The number of thiophene rings is 4. The molecule has 5 aromatic rings. The molecule has 0 aliphatic rings. The van der Waals surface area contributed by atoms with Crippen LogP contribution in [-0.2, 0) is 15.6 Å². The van der Waals surface area contributed by atoms with Crippen LogP contribution in [0.15, 0.2) is 12.1 Å². The lowest BCUT2D eigenvalue weighted by molar-refractivity contribution is 0.0429. The lowest BCUT2D eigenvalue weighted by Gasteiger charge is -2.19. The van der Waals surface area contributed by atoms with Gasteiger partial charge in [0, 0.05) is 30.8 Å². The second-order valence-electron chi connectivity index (χ2n) is 18.5. The van der Waals surface area contributed by atoms with Crippen LogP contribution in [0.3, 0.4) is 0 Å². The van der Waals surface area contributed by atoms with Crippen molar-refractivity contribution in [3.8, 4) is 21.3 Å². The standard InChI is InChI=1S/C49H71FO4S4/c1-13-19-22-30(16-4)27-52-39-33-25-35(55-41(33)40(53-28-31(17-5)23-20-14-2)34-26-36(48(7,8)9)56-42(34)39)43-37-38(50)45(57-44(37)46(58-43)49(10,11)12)47(51)54-29-32(18-6)24-21-15-3/h25-26,30-32H,13-24,27-29H2,1-12H3. The fraction of sp³-hybridized carbons (Fsp3) is 0.653. The predicted octanol–water partition coefficient (Wildman–Crippen LogP) is 17.4. The van der Waals surface area contributed by atoms with E-state index in [1.165, 1.54) is 41.9 Å². The Morgan fingerprint density at radius 3 is 1.62 bits per heavy atom. The van der Waals surface area contributed by atoms with E-state index >= 15 is 4.39 Å². The smallest absolute Gasteiger partial charge is 0.351 e. The summed E-state index contributed by atoms with van der Waals surface area (Å²) in [5, 5.41) is 2.68. The van der Waals surface area contributed by atoms with E-state index in [0.29, 0.717) is 37.0 Å². The number of halogens is 1. The fourth-order valence-electron chi connectivity index (χ4n) is 7.60. The first-order valence-corrected chi connectivity index (χ1v) is 25.6. The van der Waals surface area contributed by atoms with E-state index in [9.17, 15) is 4.79 Å². The van der Waals surface area contributed by atoms with E-state index in [1.54, 1.807) is 22.7 Å². The maximum atomic E-state index is 17.0. The molecule has 0 bridgehead atoms. The van der Waals surface area contributed by atoms with Gasteiger partial charge >= 0.3 is 5.97 Å². The minimum absolute atomic E-state index is 0.0365. The molecule has 0 radical (unpaired) electrons. The lowest BCUT2D eigenvalue weighted by Crippen LogP contribution is -2.14. The summed E-state index contributed by atoms with van der Waals surface area (Å²) in [7, 11) is 0. The molecule has 4 aromatic heterocycles. The molecule has 0 fully saturated rings. The zero-order valence-electron chi connectivity index (χ0n) is 37.6. The minimum Gasteiger partial charge on any atom is -0.491 e. The zero-order valence-corrected chi connectivity index (χ0v) is 40.9. The highest BCUT2D eigenvalue weighted by Crippen LogP contribution is 2.56. The number of ether oxygens (including phenoxy) is 3. The second kappa shape index (κ2) is 20.6. The van der Waals surface area contributed by atoms with Crippen molar-refractivity contribution in [1.82, 2.24) is 0 Å². The molecular formula is C49H71FO4S4. The quantitative estimate of drug-likeness (QED) is 0.0650. The molecule has 0 amide bonds. The summed E-state index contributed by atoms with van der Waals surface area (Å²) in [4.78, 5) is 17.9. The monoisotopic (exact) mass is 870 g/mol. The predicted molar refractivity (Wildman–Crippen MR) is 254 cm³/mol. The Kier molecular flexibility index (Phi) is 16.6. The van der Waals surface area contributed by atoms with Gasteiger partial charge in [-0.3, -0.25) is 0 Å². The maximum Gasteiger partial charge on any atom is 0.351 e. The summed E-state index contributed by atoms with van der Waals surface area (Å²) >= 11 is 6.41. The van der Waals surface area contributed by atoms with E-state index in [-0.39, 0.29) is 21.6 Å². The summed E-state index contributed by atoms with van der Waals surface area (Å²) in [5.41, 5.74) is -0.287. The van der Waals surface area contributed by atoms with Crippen LogP contribution in [0.5, 0.6) is 11.5 Å². The Hall–Kier alpha value is -2.20. The fourth-order valence-corrected chi connectivity index (χ4v) is 12.9. The van der Waals surface area contributed by atoms with Gasteiger partial charge < -0.3 is 14.2 Å². The third-order valence-corrected chi connectivity index (χ3v) is 17.5. The number of hydrogen-bond acceptors (Lipinski definition) is 8. The summed E-state index contributed by atoms with van der Waals surface area (Å²) in [5.74, 6) is 2.04. The van der Waals surface area contributed by atoms with Gasteiger partial charge in [-0.2, -0.15) is 0 Å². The largest absolute Gasteiger partial charge is 0.491 e. The van der Waals surface area contributed by atoms with Gasteiger partial charge in [-0.05, 0) is 60.0 Å². The van der Waals surface area contributed by atoms with Gasteiger partial charge in [-0.1, -0.05) is 141 Å². The summed E-state index contributed by atoms with van der Waals surface area (Å²) in [6.45, 7) is 28.3. The Labute approximate surface area is 365 Å². The van der Waals surface area contributed by atoms with Crippen molar-refractivity contribution in [2.24, 2.45) is 17.8 Å². The van der Waals surface area contributed by atoms with Gasteiger partial charge in [0.05, 0.1) is 38.8 Å². The molecule has 3 atom stereocenters. The Morgan fingerprint density at radius 1 is 0.638 bits per heavy atom. The zero-order chi connectivity index (χ0) is 42.4. The number of carbonyl (C=O) groups is 1. The van der Waals surface area contributed by atoms with Gasteiger partial charge in [0.15, 0.2) is 5.82 Å². The number of esters is 1. The van der Waals surface area contributed by atoms with Crippen molar-refractivity contribution in [3.63, 3.8) is 0 Å². The molecule has 0 aliphatic heterocycles. The molecule has 4 heterocycles. The van der Waals surface area contributed by atoms with Crippen LogP contribution in [0, 0.1) is 23.6 Å². The van der Waals surface area contributed by atoms with Crippen LogP contribution in [0.1, 0.15) is 180 Å². The van der Waals surface area contributed by atoms with Gasteiger partial charge in [0.2, 0.25) is 0 Å². The van der Waals surface area contributed by atoms with Crippen molar-refractivity contribution in [2.75, 3.05) is 19.8 Å². The lowest BCUT2D eigenvalue weighted by atomic mass is 9.94. The van der Waals surface area contributed by atoms with Crippen LogP contribution in [0.25, 0.3) is 40.0 Å². The third-order valence-electron chi connectivity index (χ3n) is 11.7. The van der Waals surface area contributed by atoms with E-state index in [4.69, 9.17) is 14.2 Å². The first kappa shape index (κ1) is 46.9. The number of rotatable bonds is 22. The van der Waals surface area contributed by atoms with E-state index in [2.05, 4.69) is 95.2 Å². The molecule has 0 saturated heterocycles. The number of hydrogen-bond donors (Lipinski definition) is 0. The molecule has 322 valence electrons. The van der Waals surface area contributed by atoms with Crippen LogP contribution in [0.4, 0.5) is 4.39 Å². The number of carbonyl (C=O) groups excluding carboxylic acids is 1. The van der Waals surface area contributed by atoms with Crippen LogP contribution >= 0.6 is 45.3 Å². The van der Waals surface area contributed by atoms with E-state index in [0.717, 1.165) is 102 Å². The van der Waals surface area contributed by atoms with Gasteiger partial charge in [0.25, 0.3) is 0 Å². The number of benzene rings is 1. The Morgan fingerprint density at radius 2 is 1.14 bits per heavy atom. The van der Waals surface area contributed by atoms with Gasteiger partial charge in [-0.25, -0.2) is 9.18 Å². The van der Waals surface area contributed by atoms with Crippen molar-refractivity contribution < 1.29 is 23.4 Å². The molecule has 9 heteroatoms. The first-order chi connectivity index (χ1) is 27.6. The van der Waals surface area contributed by atoms with Crippen molar-refractivity contribution in [2.45, 2.75) is 171 Å². The average Bonchev–Trinajstić information content (AvgIpc) is 3.98. The average molecular weight is 871 g/mol. The molecule has 5 rings (SSSR count). The summed E-state index contributed by atoms with van der Waals surface area (Å²) < 4.78 is 39.9. The highest BCUT2D eigenvalue weighted by Gasteiger charge is 2.33. The van der Waals surface area contributed by atoms with Crippen LogP contribution in [-0.4, -0.2) is 25.8 Å². The molecular weight excluding hydrogens is 800 g/mol. The third kappa shape index (κ3) is 10.6. The van der Waals surface area contributed by atoms with Crippen molar-refractivity contribution in [1.29, 1.82) is 0 Å². The molecule has 0 N–H and O–H groups in total.